The second-order valence-electron chi connectivity index (χ2n) is 5.27. The maximum Gasteiger partial charge on any atom is 0.309 e. The summed E-state index contributed by atoms with van der Waals surface area (Å²) < 4.78 is 0. The summed E-state index contributed by atoms with van der Waals surface area (Å²) in [6, 6.07) is 0. The standard InChI is InChI=1S/C12H23NO3/c1-13(2)9-10(14)8-12(11(15)16)6-4-3-5-7-12/h10,14H,3-9H2,1-2H3,(H,15,16)/t10-/m0/s1. The Kier molecular flexibility index (Phi) is 4.74. The Balaban J connectivity index is 2.60. The zero-order chi connectivity index (χ0) is 12.2. The van der Waals surface area contributed by atoms with E-state index in [0.717, 1.165) is 19.3 Å². The van der Waals surface area contributed by atoms with Gasteiger partial charge in [0.15, 0.2) is 0 Å². The molecule has 1 fully saturated rings. The fourth-order valence-electron chi connectivity index (χ4n) is 2.67. The molecule has 94 valence electrons. The van der Waals surface area contributed by atoms with E-state index in [4.69, 9.17) is 0 Å². The first-order valence-electron chi connectivity index (χ1n) is 6.02. The summed E-state index contributed by atoms with van der Waals surface area (Å²) in [6.07, 6.45) is 4.35. The molecule has 1 aliphatic rings. The Morgan fingerprint density at radius 2 is 1.88 bits per heavy atom. The fourth-order valence-corrected chi connectivity index (χ4v) is 2.67. The molecule has 0 amide bonds. The van der Waals surface area contributed by atoms with E-state index in [1.54, 1.807) is 0 Å². The lowest BCUT2D eigenvalue weighted by atomic mass is 9.70. The molecule has 0 unspecified atom stereocenters. The largest absolute Gasteiger partial charge is 0.481 e. The molecule has 0 saturated heterocycles. The van der Waals surface area contributed by atoms with Gasteiger partial charge in [-0.05, 0) is 33.4 Å². The van der Waals surface area contributed by atoms with Crippen molar-refractivity contribution in [2.75, 3.05) is 20.6 Å². The number of carboxylic acid groups (broad SMARTS) is 1. The summed E-state index contributed by atoms with van der Waals surface area (Å²) in [5.41, 5.74) is -0.673. The monoisotopic (exact) mass is 229 g/mol. The molecule has 1 rings (SSSR count). The minimum Gasteiger partial charge on any atom is -0.481 e. The minimum absolute atomic E-state index is 0.389. The van der Waals surface area contributed by atoms with Crippen LogP contribution in [0, 0.1) is 5.41 Å². The molecule has 0 aliphatic heterocycles. The van der Waals surface area contributed by atoms with Crippen molar-refractivity contribution in [3.63, 3.8) is 0 Å². The molecule has 0 spiro atoms. The Labute approximate surface area is 97.3 Å². The van der Waals surface area contributed by atoms with Crippen LogP contribution in [0.3, 0.4) is 0 Å². The van der Waals surface area contributed by atoms with Gasteiger partial charge in [0.25, 0.3) is 0 Å². The highest BCUT2D eigenvalue weighted by Gasteiger charge is 2.41. The van der Waals surface area contributed by atoms with Crippen LogP contribution in [0.15, 0.2) is 0 Å². The summed E-state index contributed by atoms with van der Waals surface area (Å²) in [5.74, 6) is -0.731. The number of rotatable bonds is 5. The van der Waals surface area contributed by atoms with Crippen LogP contribution < -0.4 is 0 Å². The zero-order valence-corrected chi connectivity index (χ0v) is 10.3. The lowest BCUT2D eigenvalue weighted by Gasteiger charge is -2.35. The van der Waals surface area contributed by atoms with Gasteiger partial charge in [0, 0.05) is 6.54 Å². The molecule has 1 atom stereocenters. The average Bonchev–Trinajstić information content (AvgIpc) is 2.17. The molecule has 0 aromatic heterocycles. The number of aliphatic carboxylic acids is 1. The van der Waals surface area contributed by atoms with Gasteiger partial charge in [0.2, 0.25) is 0 Å². The summed E-state index contributed by atoms with van der Waals surface area (Å²) in [6.45, 7) is 0.537. The molecule has 0 radical (unpaired) electrons. The molecule has 16 heavy (non-hydrogen) atoms. The van der Waals surface area contributed by atoms with Crippen molar-refractivity contribution in [3.05, 3.63) is 0 Å². The summed E-state index contributed by atoms with van der Waals surface area (Å²) in [7, 11) is 3.77. The topological polar surface area (TPSA) is 60.8 Å². The van der Waals surface area contributed by atoms with Gasteiger partial charge in [-0.25, -0.2) is 0 Å². The average molecular weight is 229 g/mol. The lowest BCUT2D eigenvalue weighted by Crippen LogP contribution is -2.39. The number of aliphatic hydroxyl groups is 1. The molecule has 0 aromatic rings. The van der Waals surface area contributed by atoms with E-state index < -0.39 is 17.5 Å². The molecule has 0 heterocycles. The van der Waals surface area contributed by atoms with Crippen molar-refractivity contribution >= 4 is 5.97 Å². The number of aliphatic hydroxyl groups excluding tert-OH is 1. The lowest BCUT2D eigenvalue weighted by molar-refractivity contribution is -0.153. The van der Waals surface area contributed by atoms with E-state index in [1.165, 1.54) is 0 Å². The van der Waals surface area contributed by atoms with E-state index in [1.807, 2.05) is 19.0 Å². The van der Waals surface area contributed by atoms with Crippen LogP contribution in [0.25, 0.3) is 0 Å². The number of carbonyl (C=O) groups is 1. The van der Waals surface area contributed by atoms with Gasteiger partial charge in [-0.2, -0.15) is 0 Å². The van der Waals surface area contributed by atoms with E-state index in [9.17, 15) is 15.0 Å². The van der Waals surface area contributed by atoms with Crippen LogP contribution in [-0.4, -0.2) is 47.8 Å². The second kappa shape index (κ2) is 5.64. The van der Waals surface area contributed by atoms with E-state index in [-0.39, 0.29) is 0 Å². The van der Waals surface area contributed by atoms with E-state index in [0.29, 0.717) is 25.8 Å². The Morgan fingerprint density at radius 1 is 1.31 bits per heavy atom. The van der Waals surface area contributed by atoms with Crippen molar-refractivity contribution in [1.82, 2.24) is 4.90 Å². The zero-order valence-electron chi connectivity index (χ0n) is 10.3. The maximum absolute atomic E-state index is 11.4. The summed E-state index contributed by atoms with van der Waals surface area (Å²) >= 11 is 0. The minimum atomic E-state index is -0.731. The Hall–Kier alpha value is -0.610. The van der Waals surface area contributed by atoms with Crippen LogP contribution in [-0.2, 0) is 4.79 Å². The predicted octanol–water partition coefficient (Wildman–Crippen LogP) is 1.33. The predicted molar refractivity (Wildman–Crippen MR) is 62.3 cm³/mol. The third-order valence-corrected chi connectivity index (χ3v) is 3.47. The summed E-state index contributed by atoms with van der Waals surface area (Å²) in [5, 5.41) is 19.2. The molecule has 0 aromatic carbocycles. The van der Waals surface area contributed by atoms with Crippen molar-refractivity contribution in [3.8, 4) is 0 Å². The third-order valence-electron chi connectivity index (χ3n) is 3.47. The Morgan fingerprint density at radius 3 is 2.31 bits per heavy atom. The maximum atomic E-state index is 11.4. The fraction of sp³-hybridized carbons (Fsp3) is 0.917. The van der Waals surface area contributed by atoms with Gasteiger partial charge in [0.05, 0.1) is 11.5 Å². The molecular weight excluding hydrogens is 206 g/mol. The first-order chi connectivity index (χ1) is 7.46. The SMILES string of the molecule is CN(C)C[C@@H](O)CC1(C(=O)O)CCCCC1. The third kappa shape index (κ3) is 3.46. The molecular formula is C12H23NO3. The van der Waals surface area contributed by atoms with Crippen molar-refractivity contribution in [2.45, 2.75) is 44.6 Å². The normalized spacial score (nSPS) is 22.0. The van der Waals surface area contributed by atoms with Gasteiger partial charge in [-0.1, -0.05) is 19.3 Å². The highest BCUT2D eigenvalue weighted by molar-refractivity contribution is 5.74. The van der Waals surface area contributed by atoms with Crippen LogP contribution in [0.1, 0.15) is 38.5 Å². The molecule has 4 nitrogen and oxygen atoms in total. The van der Waals surface area contributed by atoms with Gasteiger partial charge in [-0.3, -0.25) is 4.79 Å². The molecule has 2 N–H and O–H groups in total. The molecule has 0 bridgehead atoms. The second-order valence-corrected chi connectivity index (χ2v) is 5.27. The quantitative estimate of drug-likeness (QED) is 0.746. The van der Waals surface area contributed by atoms with Crippen molar-refractivity contribution < 1.29 is 15.0 Å². The van der Waals surface area contributed by atoms with Crippen molar-refractivity contribution in [2.24, 2.45) is 5.41 Å². The van der Waals surface area contributed by atoms with Crippen LogP contribution >= 0.6 is 0 Å². The van der Waals surface area contributed by atoms with Crippen LogP contribution in [0.4, 0.5) is 0 Å². The molecule has 1 saturated carbocycles. The van der Waals surface area contributed by atoms with Gasteiger partial charge in [0.1, 0.15) is 0 Å². The number of likely N-dealkylation sites (N-methyl/N-ethyl adjacent to an activating group) is 1. The smallest absolute Gasteiger partial charge is 0.309 e. The molecule has 4 heteroatoms. The number of hydrogen-bond donors (Lipinski definition) is 2. The van der Waals surface area contributed by atoms with Gasteiger partial charge in [-0.15, -0.1) is 0 Å². The number of nitrogens with zero attached hydrogens (tertiary/aromatic N) is 1. The van der Waals surface area contributed by atoms with Gasteiger partial charge < -0.3 is 15.1 Å². The first kappa shape index (κ1) is 13.5. The van der Waals surface area contributed by atoms with E-state index >= 15 is 0 Å². The van der Waals surface area contributed by atoms with Crippen LogP contribution in [0.2, 0.25) is 0 Å². The molecule has 1 aliphatic carbocycles. The summed E-state index contributed by atoms with van der Waals surface area (Å²) in [4.78, 5) is 13.3. The number of hydrogen-bond acceptors (Lipinski definition) is 3. The highest BCUT2D eigenvalue weighted by Crippen LogP contribution is 2.40. The van der Waals surface area contributed by atoms with E-state index in [2.05, 4.69) is 0 Å². The van der Waals surface area contributed by atoms with Crippen LogP contribution in [0.5, 0.6) is 0 Å². The van der Waals surface area contributed by atoms with Gasteiger partial charge >= 0.3 is 5.97 Å². The number of carboxylic acids is 1. The van der Waals surface area contributed by atoms with Crippen molar-refractivity contribution in [1.29, 1.82) is 0 Å². The Bertz CT molecular complexity index is 234. The first-order valence-corrected chi connectivity index (χ1v) is 6.02. The highest BCUT2D eigenvalue weighted by atomic mass is 16.4.